The van der Waals surface area contributed by atoms with Crippen LogP contribution < -0.4 is 14.4 Å². The van der Waals surface area contributed by atoms with Crippen molar-refractivity contribution in [2.75, 3.05) is 18.6 Å². The van der Waals surface area contributed by atoms with Crippen molar-refractivity contribution in [3.8, 4) is 17.2 Å². The maximum atomic E-state index is 13.5. The molecule has 4 aromatic rings. The highest BCUT2D eigenvalue weighted by Gasteiger charge is 2.48. The van der Waals surface area contributed by atoms with E-state index in [1.54, 1.807) is 30.3 Å². The van der Waals surface area contributed by atoms with E-state index in [1.807, 2.05) is 32.0 Å². The summed E-state index contributed by atoms with van der Waals surface area (Å²) in [6.07, 6.45) is 0. The van der Waals surface area contributed by atoms with Crippen molar-refractivity contribution in [2.45, 2.75) is 19.9 Å². The smallest absolute Gasteiger partial charge is 0.301 e. The van der Waals surface area contributed by atoms with Crippen LogP contribution in [0.25, 0.3) is 16.0 Å². The van der Waals surface area contributed by atoms with Crippen molar-refractivity contribution in [1.82, 2.24) is 4.98 Å². The van der Waals surface area contributed by atoms with Crippen LogP contribution in [-0.2, 0) is 9.59 Å². The molecule has 1 aliphatic rings. The second-order valence-electron chi connectivity index (χ2n) is 8.65. The van der Waals surface area contributed by atoms with E-state index in [0.29, 0.717) is 33.5 Å². The molecule has 2 heterocycles. The van der Waals surface area contributed by atoms with Crippen LogP contribution in [0.4, 0.5) is 5.13 Å². The largest absolute Gasteiger partial charge is 0.507 e. The monoisotopic (exact) mass is 594 g/mol. The molecule has 1 aliphatic heterocycles. The number of carbonyl (C=O) groups is 2. The standard InChI is InChI=1S/C28H23BrN2O6S/c1-4-37-17-9-10-19-21(13-17)38-28(30-19)31-23(16-11-18(29)25(33)20(12-16)36-3)22(26(34)27(31)35)24(32)15-7-5-14(2)6-8-15/h5-13,23,32-33H,4H2,1-3H3/b24-22+. The first-order valence-corrected chi connectivity index (χ1v) is 13.3. The van der Waals surface area contributed by atoms with Gasteiger partial charge in [0.2, 0.25) is 0 Å². The molecule has 0 bridgehead atoms. The number of aryl methyl sites for hydroxylation is 1. The van der Waals surface area contributed by atoms with Crippen molar-refractivity contribution < 1.29 is 29.3 Å². The lowest BCUT2D eigenvalue weighted by Gasteiger charge is -2.24. The summed E-state index contributed by atoms with van der Waals surface area (Å²) in [6, 6.07) is 14.5. The van der Waals surface area contributed by atoms with Crippen LogP contribution in [0.3, 0.4) is 0 Å². The molecule has 1 amide bonds. The van der Waals surface area contributed by atoms with Gasteiger partial charge in [-0.15, -0.1) is 0 Å². The predicted molar refractivity (Wildman–Crippen MR) is 149 cm³/mol. The summed E-state index contributed by atoms with van der Waals surface area (Å²) < 4.78 is 12.0. The Labute approximate surface area is 230 Å². The van der Waals surface area contributed by atoms with Gasteiger partial charge in [0.1, 0.15) is 11.5 Å². The van der Waals surface area contributed by atoms with E-state index in [9.17, 15) is 19.8 Å². The minimum atomic E-state index is -1.03. The van der Waals surface area contributed by atoms with Crippen LogP contribution in [0, 0.1) is 6.92 Å². The number of phenols is 1. The molecule has 1 atom stereocenters. The maximum absolute atomic E-state index is 13.5. The second kappa shape index (κ2) is 10.1. The molecule has 1 fully saturated rings. The molecule has 194 valence electrons. The fraction of sp³-hybridized carbons (Fsp3) is 0.179. The summed E-state index contributed by atoms with van der Waals surface area (Å²) in [5.74, 6) is -1.29. The van der Waals surface area contributed by atoms with Crippen molar-refractivity contribution in [3.63, 3.8) is 0 Å². The van der Waals surface area contributed by atoms with Crippen LogP contribution in [0.5, 0.6) is 17.2 Å². The number of phenolic OH excluding ortho intramolecular Hbond substituents is 1. The van der Waals surface area contributed by atoms with Crippen molar-refractivity contribution in [3.05, 3.63) is 81.3 Å². The Balaban J connectivity index is 1.74. The molecule has 0 spiro atoms. The van der Waals surface area contributed by atoms with Gasteiger partial charge in [0.15, 0.2) is 16.6 Å². The first-order chi connectivity index (χ1) is 18.2. The molecule has 10 heteroatoms. The van der Waals surface area contributed by atoms with E-state index in [4.69, 9.17) is 9.47 Å². The summed E-state index contributed by atoms with van der Waals surface area (Å²) in [5, 5.41) is 22.0. The average Bonchev–Trinajstić information content (AvgIpc) is 3.43. The number of rotatable bonds is 6. The number of ketones is 1. The van der Waals surface area contributed by atoms with Crippen molar-refractivity contribution in [2.24, 2.45) is 0 Å². The van der Waals surface area contributed by atoms with Crippen LogP contribution in [0.1, 0.15) is 29.7 Å². The quantitative estimate of drug-likeness (QED) is 0.157. The Kier molecular flexibility index (Phi) is 6.85. The van der Waals surface area contributed by atoms with E-state index in [-0.39, 0.29) is 28.0 Å². The van der Waals surface area contributed by atoms with Crippen molar-refractivity contribution >= 4 is 60.1 Å². The molecule has 2 N–H and O–H groups in total. The fourth-order valence-electron chi connectivity index (χ4n) is 4.37. The Morgan fingerprint density at radius 2 is 1.87 bits per heavy atom. The number of halogens is 1. The Bertz CT molecular complexity index is 1610. The lowest BCUT2D eigenvalue weighted by molar-refractivity contribution is -0.132. The number of aromatic nitrogens is 1. The zero-order valence-corrected chi connectivity index (χ0v) is 23.1. The Morgan fingerprint density at radius 3 is 2.55 bits per heavy atom. The number of methoxy groups -OCH3 is 1. The first kappa shape index (κ1) is 25.7. The Hall–Kier alpha value is -3.89. The average molecular weight is 595 g/mol. The lowest BCUT2D eigenvalue weighted by atomic mass is 9.95. The molecule has 8 nitrogen and oxygen atoms in total. The number of carbonyl (C=O) groups excluding carboxylic acids is 2. The van der Waals surface area contributed by atoms with E-state index < -0.39 is 17.7 Å². The van der Waals surface area contributed by atoms with Gasteiger partial charge in [0.25, 0.3) is 5.78 Å². The summed E-state index contributed by atoms with van der Waals surface area (Å²) >= 11 is 4.56. The van der Waals surface area contributed by atoms with E-state index in [1.165, 1.54) is 29.4 Å². The third-order valence-corrected chi connectivity index (χ3v) is 7.84. The SMILES string of the molecule is CCOc1ccc2nc(N3C(=O)C(=O)/C(=C(/O)c4ccc(C)cc4)C3c3cc(Br)c(O)c(OC)c3)sc2c1. The molecule has 1 unspecified atom stereocenters. The molecule has 0 saturated carbocycles. The van der Waals surface area contributed by atoms with E-state index in [2.05, 4.69) is 20.9 Å². The Morgan fingerprint density at radius 1 is 1.13 bits per heavy atom. The highest BCUT2D eigenvalue weighted by atomic mass is 79.9. The molecule has 1 aromatic heterocycles. The highest BCUT2D eigenvalue weighted by molar-refractivity contribution is 9.10. The number of aliphatic hydroxyl groups is 1. The van der Waals surface area contributed by atoms with Gasteiger partial charge in [-0.2, -0.15) is 0 Å². The molecule has 5 rings (SSSR count). The number of hydrogen-bond donors (Lipinski definition) is 2. The van der Waals surface area contributed by atoms with Gasteiger partial charge in [-0.3, -0.25) is 14.5 Å². The third-order valence-electron chi connectivity index (χ3n) is 6.22. The molecule has 38 heavy (non-hydrogen) atoms. The fourth-order valence-corrected chi connectivity index (χ4v) is 5.85. The minimum absolute atomic E-state index is 0.0900. The zero-order chi connectivity index (χ0) is 27.1. The van der Waals surface area contributed by atoms with E-state index >= 15 is 0 Å². The molecular formula is C28H23BrN2O6S. The number of fused-ring (bicyclic) bond motifs is 1. The van der Waals surface area contributed by atoms with Crippen LogP contribution >= 0.6 is 27.3 Å². The molecule has 3 aromatic carbocycles. The summed E-state index contributed by atoms with van der Waals surface area (Å²) in [6.45, 7) is 4.30. The third kappa shape index (κ3) is 4.39. The summed E-state index contributed by atoms with van der Waals surface area (Å²) in [5.41, 5.74) is 2.36. The summed E-state index contributed by atoms with van der Waals surface area (Å²) in [4.78, 5) is 32.9. The van der Waals surface area contributed by atoms with E-state index in [0.717, 1.165) is 10.3 Å². The second-order valence-corrected chi connectivity index (χ2v) is 10.5. The predicted octanol–water partition coefficient (Wildman–Crippen LogP) is 6.11. The topological polar surface area (TPSA) is 109 Å². The van der Waals surface area contributed by atoms with Gasteiger partial charge >= 0.3 is 5.91 Å². The molecule has 0 aliphatic carbocycles. The minimum Gasteiger partial charge on any atom is -0.507 e. The number of amides is 1. The highest BCUT2D eigenvalue weighted by Crippen LogP contribution is 2.47. The number of nitrogens with zero attached hydrogens (tertiary/aromatic N) is 2. The van der Waals surface area contributed by atoms with Gasteiger partial charge in [-0.05, 0) is 65.7 Å². The number of aliphatic hydroxyl groups excluding tert-OH is 1. The van der Waals surface area contributed by atoms with Gasteiger partial charge in [0.05, 0.1) is 40.0 Å². The number of hydrogen-bond acceptors (Lipinski definition) is 8. The van der Waals surface area contributed by atoms with Gasteiger partial charge < -0.3 is 19.7 Å². The van der Waals surface area contributed by atoms with Gasteiger partial charge in [0, 0.05) is 5.56 Å². The van der Waals surface area contributed by atoms with Gasteiger partial charge in [-0.25, -0.2) is 4.98 Å². The number of Topliss-reactive ketones (excluding diaryl/α,β-unsaturated/α-hetero) is 1. The normalized spacial score (nSPS) is 16.8. The number of anilines is 1. The first-order valence-electron chi connectivity index (χ1n) is 11.7. The van der Waals surface area contributed by atoms with Crippen LogP contribution in [0.2, 0.25) is 0 Å². The number of benzene rings is 3. The van der Waals surface area contributed by atoms with Gasteiger partial charge in [-0.1, -0.05) is 41.2 Å². The zero-order valence-electron chi connectivity index (χ0n) is 20.7. The molecule has 0 radical (unpaired) electrons. The maximum Gasteiger partial charge on any atom is 0.301 e. The molecule has 1 saturated heterocycles. The summed E-state index contributed by atoms with van der Waals surface area (Å²) in [7, 11) is 1.40. The molecular weight excluding hydrogens is 572 g/mol. The number of ether oxygens (including phenoxy) is 2. The number of aromatic hydroxyl groups is 1. The van der Waals surface area contributed by atoms with Crippen LogP contribution in [0.15, 0.2) is 64.6 Å². The number of thiazole rings is 1. The lowest BCUT2D eigenvalue weighted by Crippen LogP contribution is -2.29. The van der Waals surface area contributed by atoms with Crippen molar-refractivity contribution in [1.29, 1.82) is 0 Å². The van der Waals surface area contributed by atoms with Crippen LogP contribution in [-0.4, -0.2) is 40.6 Å².